The van der Waals surface area contributed by atoms with Gasteiger partial charge in [-0.3, -0.25) is 0 Å². The third-order valence-corrected chi connectivity index (χ3v) is 2.60. The fourth-order valence-electron chi connectivity index (χ4n) is 1.70. The molecule has 1 aromatic heterocycles. The Morgan fingerprint density at radius 2 is 1.81 bits per heavy atom. The molecule has 0 saturated carbocycles. The van der Waals surface area contributed by atoms with Gasteiger partial charge in [0.25, 0.3) is 0 Å². The lowest BCUT2D eigenvalue weighted by Crippen LogP contribution is -2.21. The average Bonchev–Trinajstić information content (AvgIpc) is 2.85. The molecule has 0 bridgehead atoms. The van der Waals surface area contributed by atoms with Crippen LogP contribution >= 0.6 is 0 Å². The van der Waals surface area contributed by atoms with Crippen LogP contribution in [0.3, 0.4) is 0 Å². The molecule has 0 amide bonds. The molecule has 4 nitrogen and oxygen atoms in total. The van der Waals surface area contributed by atoms with Crippen molar-refractivity contribution in [2.24, 2.45) is 0 Å². The molecule has 84 valence electrons. The molecule has 1 heterocycles. The summed E-state index contributed by atoms with van der Waals surface area (Å²) in [5.41, 5.74) is 2.17. The summed E-state index contributed by atoms with van der Waals surface area (Å²) < 4.78 is 5.14. The SMILES string of the molecule is CCN(CC)c1ccc(-c2nnco2)cc1. The van der Waals surface area contributed by atoms with Crippen LogP contribution in [0.2, 0.25) is 0 Å². The number of hydrogen-bond acceptors (Lipinski definition) is 4. The summed E-state index contributed by atoms with van der Waals surface area (Å²) in [6, 6.07) is 8.15. The van der Waals surface area contributed by atoms with E-state index in [4.69, 9.17) is 4.42 Å². The molecule has 0 N–H and O–H groups in total. The molecule has 0 radical (unpaired) electrons. The van der Waals surface area contributed by atoms with Crippen LogP contribution in [-0.2, 0) is 0 Å². The predicted octanol–water partition coefficient (Wildman–Crippen LogP) is 2.58. The Morgan fingerprint density at radius 1 is 1.12 bits per heavy atom. The maximum absolute atomic E-state index is 5.14. The van der Waals surface area contributed by atoms with Gasteiger partial charge in [-0.1, -0.05) is 0 Å². The highest BCUT2D eigenvalue weighted by atomic mass is 16.4. The van der Waals surface area contributed by atoms with Crippen LogP contribution in [0.4, 0.5) is 5.69 Å². The second-order valence-electron chi connectivity index (χ2n) is 3.46. The van der Waals surface area contributed by atoms with Crippen LogP contribution < -0.4 is 4.90 Å². The van der Waals surface area contributed by atoms with Crippen LogP contribution in [0.25, 0.3) is 11.5 Å². The molecule has 4 heteroatoms. The Bertz CT molecular complexity index is 418. The average molecular weight is 217 g/mol. The lowest BCUT2D eigenvalue weighted by Gasteiger charge is -2.20. The molecule has 0 unspecified atom stereocenters. The summed E-state index contributed by atoms with van der Waals surface area (Å²) in [4.78, 5) is 2.29. The highest BCUT2D eigenvalue weighted by Gasteiger charge is 2.05. The minimum absolute atomic E-state index is 0.561. The van der Waals surface area contributed by atoms with E-state index >= 15 is 0 Å². The van der Waals surface area contributed by atoms with E-state index < -0.39 is 0 Å². The molecular formula is C12H15N3O. The van der Waals surface area contributed by atoms with Gasteiger partial charge in [-0.15, -0.1) is 10.2 Å². The van der Waals surface area contributed by atoms with Crippen molar-refractivity contribution in [1.82, 2.24) is 10.2 Å². The molecule has 0 spiro atoms. The Morgan fingerprint density at radius 3 is 2.31 bits per heavy atom. The van der Waals surface area contributed by atoms with E-state index in [9.17, 15) is 0 Å². The molecule has 0 saturated heterocycles. The zero-order valence-corrected chi connectivity index (χ0v) is 9.55. The van der Waals surface area contributed by atoms with E-state index in [0.29, 0.717) is 5.89 Å². The molecular weight excluding hydrogens is 202 g/mol. The third-order valence-electron chi connectivity index (χ3n) is 2.60. The van der Waals surface area contributed by atoms with E-state index in [1.165, 1.54) is 12.1 Å². The smallest absolute Gasteiger partial charge is 0.247 e. The monoisotopic (exact) mass is 217 g/mol. The van der Waals surface area contributed by atoms with Crippen LogP contribution in [0.15, 0.2) is 35.1 Å². The summed E-state index contributed by atoms with van der Waals surface area (Å²) in [6.07, 6.45) is 1.34. The molecule has 0 aliphatic heterocycles. The van der Waals surface area contributed by atoms with E-state index in [0.717, 1.165) is 18.7 Å². The number of aromatic nitrogens is 2. The Hall–Kier alpha value is -1.84. The second kappa shape index (κ2) is 4.79. The maximum Gasteiger partial charge on any atom is 0.247 e. The summed E-state index contributed by atoms with van der Waals surface area (Å²) in [5.74, 6) is 0.561. The predicted molar refractivity (Wildman–Crippen MR) is 63.3 cm³/mol. The molecule has 2 aromatic rings. The van der Waals surface area contributed by atoms with Gasteiger partial charge in [0.05, 0.1) is 0 Å². The lowest BCUT2D eigenvalue weighted by atomic mass is 10.2. The minimum atomic E-state index is 0.561. The fraction of sp³-hybridized carbons (Fsp3) is 0.333. The molecule has 1 aromatic carbocycles. The second-order valence-corrected chi connectivity index (χ2v) is 3.46. The van der Waals surface area contributed by atoms with Crippen molar-refractivity contribution >= 4 is 5.69 Å². The first-order valence-corrected chi connectivity index (χ1v) is 5.46. The van der Waals surface area contributed by atoms with Crippen molar-refractivity contribution in [3.8, 4) is 11.5 Å². The first kappa shape index (κ1) is 10.7. The third kappa shape index (κ3) is 2.05. The van der Waals surface area contributed by atoms with E-state index in [2.05, 4.69) is 41.1 Å². The van der Waals surface area contributed by atoms with Gasteiger partial charge in [-0.25, -0.2) is 0 Å². The Kier molecular flexibility index (Phi) is 3.19. The largest absolute Gasteiger partial charge is 0.423 e. The normalized spacial score (nSPS) is 10.4. The van der Waals surface area contributed by atoms with E-state index in [-0.39, 0.29) is 0 Å². The van der Waals surface area contributed by atoms with Crippen molar-refractivity contribution in [1.29, 1.82) is 0 Å². The molecule has 0 atom stereocenters. The van der Waals surface area contributed by atoms with Gasteiger partial charge in [0, 0.05) is 24.3 Å². The van der Waals surface area contributed by atoms with Gasteiger partial charge in [0.15, 0.2) is 0 Å². The van der Waals surface area contributed by atoms with E-state index in [1.54, 1.807) is 0 Å². The number of benzene rings is 1. The van der Waals surface area contributed by atoms with Gasteiger partial charge in [0.1, 0.15) is 0 Å². The Labute approximate surface area is 94.9 Å². The quantitative estimate of drug-likeness (QED) is 0.789. The van der Waals surface area contributed by atoms with Gasteiger partial charge in [-0.2, -0.15) is 0 Å². The zero-order valence-electron chi connectivity index (χ0n) is 9.55. The molecule has 0 aliphatic carbocycles. The summed E-state index contributed by atoms with van der Waals surface area (Å²) in [6.45, 7) is 6.32. The molecule has 0 aliphatic rings. The minimum Gasteiger partial charge on any atom is -0.423 e. The zero-order chi connectivity index (χ0) is 11.4. The van der Waals surface area contributed by atoms with Crippen LogP contribution in [0, 0.1) is 0 Å². The first-order chi connectivity index (χ1) is 7.85. The summed E-state index contributed by atoms with van der Waals surface area (Å²) >= 11 is 0. The highest BCUT2D eigenvalue weighted by molar-refractivity contribution is 5.58. The van der Waals surface area contributed by atoms with E-state index in [1.807, 2.05) is 12.1 Å². The number of rotatable bonds is 4. The van der Waals surface area contributed by atoms with Gasteiger partial charge < -0.3 is 9.32 Å². The highest BCUT2D eigenvalue weighted by Crippen LogP contribution is 2.21. The van der Waals surface area contributed by atoms with Gasteiger partial charge >= 0.3 is 0 Å². The standard InChI is InChI=1S/C12H15N3O/c1-3-15(4-2)11-7-5-10(6-8-11)12-14-13-9-16-12/h5-9H,3-4H2,1-2H3. The Balaban J connectivity index is 2.22. The molecule has 0 fully saturated rings. The lowest BCUT2D eigenvalue weighted by molar-refractivity contribution is 0.568. The summed E-state index contributed by atoms with van der Waals surface area (Å²) in [7, 11) is 0. The fourth-order valence-corrected chi connectivity index (χ4v) is 1.70. The van der Waals surface area contributed by atoms with Crippen LogP contribution in [0.1, 0.15) is 13.8 Å². The number of anilines is 1. The van der Waals surface area contributed by atoms with Gasteiger partial charge in [0.2, 0.25) is 12.3 Å². The van der Waals surface area contributed by atoms with Crippen LogP contribution in [0.5, 0.6) is 0 Å². The van der Waals surface area contributed by atoms with Crippen LogP contribution in [-0.4, -0.2) is 23.3 Å². The summed E-state index contributed by atoms with van der Waals surface area (Å²) in [5, 5.41) is 7.53. The van der Waals surface area contributed by atoms with Crippen molar-refractivity contribution in [3.63, 3.8) is 0 Å². The van der Waals surface area contributed by atoms with Crippen molar-refractivity contribution in [2.45, 2.75) is 13.8 Å². The maximum atomic E-state index is 5.14. The van der Waals surface area contributed by atoms with Crippen molar-refractivity contribution in [2.75, 3.05) is 18.0 Å². The first-order valence-electron chi connectivity index (χ1n) is 5.46. The number of hydrogen-bond donors (Lipinski definition) is 0. The molecule has 16 heavy (non-hydrogen) atoms. The topological polar surface area (TPSA) is 42.2 Å². The van der Waals surface area contributed by atoms with Crippen molar-refractivity contribution < 1.29 is 4.42 Å². The molecule has 2 rings (SSSR count). The van der Waals surface area contributed by atoms with Crippen molar-refractivity contribution in [3.05, 3.63) is 30.7 Å². The van der Waals surface area contributed by atoms with Gasteiger partial charge in [-0.05, 0) is 38.1 Å². The number of nitrogens with zero attached hydrogens (tertiary/aromatic N) is 3.